The molecule has 0 saturated carbocycles. The lowest BCUT2D eigenvalue weighted by Crippen LogP contribution is -2.52. The van der Waals surface area contributed by atoms with E-state index in [1.165, 1.54) is 0 Å². The van der Waals surface area contributed by atoms with Crippen LogP contribution in [0.2, 0.25) is 0 Å². The minimum absolute atomic E-state index is 0.171. The molecule has 0 aromatic heterocycles. The van der Waals surface area contributed by atoms with Gasteiger partial charge in [-0.2, -0.15) is 0 Å². The minimum Gasteiger partial charge on any atom is -0.372 e. The van der Waals surface area contributed by atoms with Crippen molar-refractivity contribution in [3.63, 3.8) is 0 Å². The summed E-state index contributed by atoms with van der Waals surface area (Å²) in [4.78, 5) is 14.3. The molecule has 3 unspecified atom stereocenters. The van der Waals surface area contributed by atoms with Crippen molar-refractivity contribution < 1.29 is 9.53 Å². The van der Waals surface area contributed by atoms with Gasteiger partial charge in [-0.1, -0.05) is 0 Å². The highest BCUT2D eigenvalue weighted by Gasteiger charge is 2.30. The Labute approximate surface area is 97.3 Å². The van der Waals surface area contributed by atoms with Crippen LogP contribution in [0, 0.1) is 5.92 Å². The van der Waals surface area contributed by atoms with E-state index in [1.807, 2.05) is 18.7 Å². The molecular formula is C12H22N2O2. The van der Waals surface area contributed by atoms with Crippen LogP contribution >= 0.6 is 0 Å². The van der Waals surface area contributed by atoms with Crippen LogP contribution in [-0.4, -0.2) is 49.2 Å². The van der Waals surface area contributed by atoms with Gasteiger partial charge in [-0.05, 0) is 33.2 Å². The van der Waals surface area contributed by atoms with Crippen LogP contribution in [0.15, 0.2) is 0 Å². The van der Waals surface area contributed by atoms with E-state index in [0.29, 0.717) is 5.91 Å². The molecule has 1 amide bonds. The first-order valence-corrected chi connectivity index (χ1v) is 6.32. The summed E-state index contributed by atoms with van der Waals surface area (Å²) < 4.78 is 5.64. The topological polar surface area (TPSA) is 41.6 Å². The summed E-state index contributed by atoms with van der Waals surface area (Å²) in [5, 5.41) is 3.30. The fourth-order valence-electron chi connectivity index (χ4n) is 2.68. The van der Waals surface area contributed by atoms with Crippen LogP contribution in [0.4, 0.5) is 0 Å². The number of nitrogens with one attached hydrogen (secondary N) is 1. The van der Waals surface area contributed by atoms with Crippen LogP contribution in [0.5, 0.6) is 0 Å². The number of morpholine rings is 1. The van der Waals surface area contributed by atoms with Gasteiger partial charge in [-0.3, -0.25) is 4.79 Å². The second kappa shape index (κ2) is 5.15. The second-order valence-corrected chi connectivity index (χ2v) is 5.04. The SMILES string of the molecule is CC1CN(C(=O)C2CCCNC2)CC(C)O1. The predicted molar refractivity (Wildman–Crippen MR) is 62.2 cm³/mol. The van der Waals surface area contributed by atoms with Gasteiger partial charge in [0.2, 0.25) is 5.91 Å². The molecule has 1 N–H and O–H groups in total. The molecule has 2 rings (SSSR count). The Morgan fingerprint density at radius 2 is 2.00 bits per heavy atom. The van der Waals surface area contributed by atoms with E-state index >= 15 is 0 Å². The van der Waals surface area contributed by atoms with Gasteiger partial charge in [-0.15, -0.1) is 0 Å². The number of nitrogens with zero attached hydrogens (tertiary/aromatic N) is 1. The van der Waals surface area contributed by atoms with E-state index in [2.05, 4.69) is 5.32 Å². The smallest absolute Gasteiger partial charge is 0.227 e. The molecule has 2 aliphatic heterocycles. The van der Waals surface area contributed by atoms with E-state index in [0.717, 1.165) is 39.0 Å². The Kier molecular flexibility index (Phi) is 3.82. The molecule has 0 radical (unpaired) electrons. The molecule has 2 heterocycles. The summed E-state index contributed by atoms with van der Waals surface area (Å²) in [6, 6.07) is 0. The summed E-state index contributed by atoms with van der Waals surface area (Å²) in [5.41, 5.74) is 0. The van der Waals surface area contributed by atoms with Crippen molar-refractivity contribution >= 4 is 5.91 Å². The Morgan fingerprint density at radius 1 is 1.31 bits per heavy atom. The molecule has 92 valence electrons. The van der Waals surface area contributed by atoms with Crippen molar-refractivity contribution in [2.24, 2.45) is 5.92 Å². The monoisotopic (exact) mass is 226 g/mol. The molecule has 2 fully saturated rings. The number of carbonyl (C=O) groups excluding carboxylic acids is 1. The molecule has 0 aromatic carbocycles. The zero-order valence-corrected chi connectivity index (χ0v) is 10.2. The van der Waals surface area contributed by atoms with Crippen LogP contribution in [-0.2, 0) is 9.53 Å². The fourth-order valence-corrected chi connectivity index (χ4v) is 2.68. The van der Waals surface area contributed by atoms with Gasteiger partial charge in [0.1, 0.15) is 0 Å². The maximum Gasteiger partial charge on any atom is 0.227 e. The molecule has 0 aromatic rings. The molecule has 16 heavy (non-hydrogen) atoms. The Morgan fingerprint density at radius 3 is 2.56 bits per heavy atom. The molecule has 3 atom stereocenters. The predicted octanol–water partition coefficient (Wildman–Crippen LogP) is 0.622. The largest absolute Gasteiger partial charge is 0.372 e. The number of hydrogen-bond acceptors (Lipinski definition) is 3. The van der Waals surface area contributed by atoms with Gasteiger partial charge in [0.15, 0.2) is 0 Å². The number of rotatable bonds is 1. The van der Waals surface area contributed by atoms with E-state index < -0.39 is 0 Å². The maximum atomic E-state index is 12.3. The fraction of sp³-hybridized carbons (Fsp3) is 0.917. The van der Waals surface area contributed by atoms with Gasteiger partial charge in [0.25, 0.3) is 0 Å². The average molecular weight is 226 g/mol. The Hall–Kier alpha value is -0.610. The molecule has 0 aliphatic carbocycles. The molecule has 2 aliphatic rings. The molecule has 4 nitrogen and oxygen atoms in total. The van der Waals surface area contributed by atoms with Crippen molar-refractivity contribution in [1.29, 1.82) is 0 Å². The van der Waals surface area contributed by atoms with Crippen LogP contribution in [0.25, 0.3) is 0 Å². The molecule has 2 saturated heterocycles. The third-order valence-electron chi connectivity index (χ3n) is 3.38. The standard InChI is InChI=1S/C12H22N2O2/c1-9-7-14(8-10(2)16-9)12(15)11-4-3-5-13-6-11/h9-11,13H,3-8H2,1-2H3. The highest BCUT2D eigenvalue weighted by Crippen LogP contribution is 2.17. The summed E-state index contributed by atoms with van der Waals surface area (Å²) >= 11 is 0. The quantitative estimate of drug-likeness (QED) is 0.713. The van der Waals surface area contributed by atoms with Gasteiger partial charge in [-0.25, -0.2) is 0 Å². The highest BCUT2D eigenvalue weighted by molar-refractivity contribution is 5.79. The van der Waals surface area contributed by atoms with Crippen molar-refractivity contribution in [2.45, 2.75) is 38.9 Å². The number of piperidine rings is 1. The van der Waals surface area contributed by atoms with E-state index in [9.17, 15) is 4.79 Å². The zero-order valence-electron chi connectivity index (χ0n) is 10.2. The lowest BCUT2D eigenvalue weighted by molar-refractivity contribution is -0.147. The van der Waals surface area contributed by atoms with Crippen molar-refractivity contribution in [2.75, 3.05) is 26.2 Å². The van der Waals surface area contributed by atoms with E-state index in [4.69, 9.17) is 4.74 Å². The summed E-state index contributed by atoms with van der Waals surface area (Å²) in [6.45, 7) is 7.47. The maximum absolute atomic E-state index is 12.3. The third kappa shape index (κ3) is 2.74. The average Bonchev–Trinajstić information content (AvgIpc) is 2.28. The van der Waals surface area contributed by atoms with Gasteiger partial charge in [0, 0.05) is 19.6 Å². The number of amides is 1. The first-order chi connectivity index (χ1) is 7.66. The summed E-state index contributed by atoms with van der Waals surface area (Å²) in [5.74, 6) is 0.500. The van der Waals surface area contributed by atoms with Crippen molar-refractivity contribution in [1.82, 2.24) is 10.2 Å². The van der Waals surface area contributed by atoms with E-state index in [-0.39, 0.29) is 18.1 Å². The molecular weight excluding hydrogens is 204 g/mol. The third-order valence-corrected chi connectivity index (χ3v) is 3.38. The normalized spacial score (nSPS) is 36.1. The van der Waals surface area contributed by atoms with Crippen LogP contribution < -0.4 is 5.32 Å². The molecule has 0 spiro atoms. The van der Waals surface area contributed by atoms with Crippen LogP contribution in [0.1, 0.15) is 26.7 Å². The summed E-state index contributed by atoms with van der Waals surface area (Å²) in [7, 11) is 0. The highest BCUT2D eigenvalue weighted by atomic mass is 16.5. The van der Waals surface area contributed by atoms with Gasteiger partial charge < -0.3 is 15.0 Å². The number of ether oxygens (including phenoxy) is 1. The molecule has 4 heteroatoms. The first kappa shape index (κ1) is 11.9. The Bertz CT molecular complexity index is 241. The lowest BCUT2D eigenvalue weighted by atomic mass is 9.97. The zero-order chi connectivity index (χ0) is 11.5. The first-order valence-electron chi connectivity index (χ1n) is 6.32. The second-order valence-electron chi connectivity index (χ2n) is 5.04. The Balaban J connectivity index is 1.92. The van der Waals surface area contributed by atoms with Gasteiger partial charge >= 0.3 is 0 Å². The number of hydrogen-bond donors (Lipinski definition) is 1. The van der Waals surface area contributed by atoms with Gasteiger partial charge in [0.05, 0.1) is 18.1 Å². The lowest BCUT2D eigenvalue weighted by Gasteiger charge is -2.37. The number of carbonyl (C=O) groups is 1. The van der Waals surface area contributed by atoms with Crippen LogP contribution in [0.3, 0.4) is 0 Å². The van der Waals surface area contributed by atoms with E-state index in [1.54, 1.807) is 0 Å². The van der Waals surface area contributed by atoms with Crippen molar-refractivity contribution in [3.8, 4) is 0 Å². The molecule has 0 bridgehead atoms. The van der Waals surface area contributed by atoms with Crippen molar-refractivity contribution in [3.05, 3.63) is 0 Å². The summed E-state index contributed by atoms with van der Waals surface area (Å²) in [6.07, 6.45) is 2.49. The minimum atomic E-state index is 0.171.